The van der Waals surface area contributed by atoms with Gasteiger partial charge < -0.3 is 9.42 Å². The number of carbonyl (C=O) groups is 1. The second-order valence-corrected chi connectivity index (χ2v) is 10.1. The van der Waals surface area contributed by atoms with Gasteiger partial charge in [-0.25, -0.2) is 18.3 Å². The van der Waals surface area contributed by atoms with Crippen LogP contribution in [0.25, 0.3) is 22.8 Å². The van der Waals surface area contributed by atoms with Crippen LogP contribution in [0, 0.1) is 5.82 Å². The van der Waals surface area contributed by atoms with Crippen LogP contribution in [0.3, 0.4) is 0 Å². The zero-order valence-electron chi connectivity index (χ0n) is 17.9. The Balaban J connectivity index is 1.62. The van der Waals surface area contributed by atoms with Crippen molar-refractivity contribution in [2.75, 3.05) is 19.6 Å². The van der Waals surface area contributed by atoms with Crippen LogP contribution in [0.1, 0.15) is 19.8 Å². The number of piperidine rings is 1. The van der Waals surface area contributed by atoms with Gasteiger partial charge in [0.15, 0.2) is 14.6 Å². The standard InChI is InChI=1S/C22H23FN4O5S/c1-2-27-13-11-22(12-14-27,21(28)25-29)33(30,31)18-9-5-15(6-10-18)19-24-20(32-26-19)16-3-7-17(23)8-4-16/h3-10,29H,2,11-14H2,1H3,(H,25,28). The van der Waals surface area contributed by atoms with Gasteiger partial charge in [-0.3, -0.25) is 10.0 Å². The van der Waals surface area contributed by atoms with Crippen molar-refractivity contribution >= 4 is 15.7 Å². The van der Waals surface area contributed by atoms with E-state index in [0.717, 1.165) is 6.54 Å². The van der Waals surface area contributed by atoms with E-state index in [-0.39, 0.29) is 35.3 Å². The van der Waals surface area contributed by atoms with E-state index < -0.39 is 20.5 Å². The topological polar surface area (TPSA) is 126 Å². The average molecular weight is 475 g/mol. The van der Waals surface area contributed by atoms with E-state index in [9.17, 15) is 22.8 Å². The molecule has 2 heterocycles. The lowest BCUT2D eigenvalue weighted by Crippen LogP contribution is -2.57. The molecular formula is C22H23FN4O5S. The zero-order valence-corrected chi connectivity index (χ0v) is 18.7. The number of benzene rings is 2. The number of aromatic nitrogens is 2. The van der Waals surface area contributed by atoms with E-state index in [1.807, 2.05) is 6.92 Å². The van der Waals surface area contributed by atoms with Crippen molar-refractivity contribution in [2.24, 2.45) is 0 Å². The van der Waals surface area contributed by atoms with E-state index in [4.69, 9.17) is 4.52 Å². The first kappa shape index (κ1) is 23.0. The number of hydrogen-bond acceptors (Lipinski definition) is 8. The summed E-state index contributed by atoms with van der Waals surface area (Å²) in [4.78, 5) is 18.8. The van der Waals surface area contributed by atoms with Crippen molar-refractivity contribution in [1.82, 2.24) is 20.5 Å². The van der Waals surface area contributed by atoms with Crippen molar-refractivity contribution in [3.8, 4) is 22.8 Å². The van der Waals surface area contributed by atoms with Gasteiger partial charge in [0.05, 0.1) is 4.90 Å². The first-order chi connectivity index (χ1) is 15.8. The largest absolute Gasteiger partial charge is 0.334 e. The molecule has 1 fully saturated rings. The third-order valence-corrected chi connectivity index (χ3v) is 8.60. The fourth-order valence-electron chi connectivity index (χ4n) is 4.01. The lowest BCUT2D eigenvalue weighted by Gasteiger charge is -2.39. The molecular weight excluding hydrogens is 451 g/mol. The third-order valence-electron chi connectivity index (χ3n) is 6.08. The number of nitrogens with one attached hydrogen (secondary N) is 1. The molecule has 1 saturated heterocycles. The monoisotopic (exact) mass is 474 g/mol. The number of carbonyl (C=O) groups excluding carboxylic acids is 1. The molecule has 0 saturated carbocycles. The molecule has 1 aromatic heterocycles. The molecule has 4 rings (SSSR count). The number of amides is 1. The van der Waals surface area contributed by atoms with Gasteiger partial charge in [0.25, 0.3) is 11.8 Å². The first-order valence-corrected chi connectivity index (χ1v) is 11.9. The van der Waals surface area contributed by atoms with Gasteiger partial charge in [-0.05, 0) is 67.9 Å². The lowest BCUT2D eigenvalue weighted by molar-refractivity contribution is -0.133. The Hall–Kier alpha value is -3.15. The van der Waals surface area contributed by atoms with Crippen molar-refractivity contribution in [3.05, 3.63) is 54.3 Å². The fraction of sp³-hybridized carbons (Fsp3) is 0.318. The summed E-state index contributed by atoms with van der Waals surface area (Å²) < 4.78 is 43.6. The van der Waals surface area contributed by atoms with E-state index in [1.54, 1.807) is 5.48 Å². The number of likely N-dealkylation sites (tertiary alicyclic amines) is 1. The van der Waals surface area contributed by atoms with Crippen molar-refractivity contribution in [1.29, 1.82) is 0 Å². The zero-order chi connectivity index (χ0) is 23.6. The number of hydroxylamine groups is 1. The molecule has 1 amide bonds. The number of nitrogens with zero attached hydrogens (tertiary/aromatic N) is 3. The minimum atomic E-state index is -4.11. The average Bonchev–Trinajstić information content (AvgIpc) is 3.34. The Morgan fingerprint density at radius 1 is 1.12 bits per heavy atom. The maximum absolute atomic E-state index is 13.5. The Morgan fingerprint density at radius 3 is 2.30 bits per heavy atom. The molecule has 0 atom stereocenters. The van der Waals surface area contributed by atoms with Gasteiger partial charge in [0.1, 0.15) is 5.82 Å². The van der Waals surface area contributed by atoms with Crippen LogP contribution in [-0.2, 0) is 14.6 Å². The predicted molar refractivity (Wildman–Crippen MR) is 116 cm³/mol. The van der Waals surface area contributed by atoms with Crippen LogP contribution in [-0.4, -0.2) is 59.0 Å². The highest BCUT2D eigenvalue weighted by molar-refractivity contribution is 7.93. The summed E-state index contributed by atoms with van der Waals surface area (Å²) in [7, 11) is -4.11. The highest BCUT2D eigenvalue weighted by Crippen LogP contribution is 2.36. The first-order valence-electron chi connectivity index (χ1n) is 10.4. The molecule has 0 unspecified atom stereocenters. The lowest BCUT2D eigenvalue weighted by atomic mass is 9.95. The maximum Gasteiger partial charge on any atom is 0.265 e. The SMILES string of the molecule is CCN1CCC(C(=O)NO)(S(=O)(=O)c2ccc(-c3noc(-c4ccc(F)cc4)n3)cc2)CC1. The smallest absolute Gasteiger partial charge is 0.265 e. The number of rotatable bonds is 6. The summed E-state index contributed by atoms with van der Waals surface area (Å²) in [6, 6.07) is 11.4. The maximum atomic E-state index is 13.5. The molecule has 1 aliphatic rings. The molecule has 174 valence electrons. The molecule has 0 radical (unpaired) electrons. The van der Waals surface area contributed by atoms with E-state index >= 15 is 0 Å². The summed E-state index contributed by atoms with van der Waals surface area (Å²) in [5.74, 6) is -0.881. The van der Waals surface area contributed by atoms with Gasteiger partial charge in [0.2, 0.25) is 5.82 Å². The summed E-state index contributed by atoms with van der Waals surface area (Å²) in [5, 5.41) is 13.2. The van der Waals surface area contributed by atoms with Crippen molar-refractivity contribution in [2.45, 2.75) is 29.4 Å². The highest BCUT2D eigenvalue weighted by atomic mass is 32.2. The highest BCUT2D eigenvalue weighted by Gasteiger charge is 2.52. The van der Waals surface area contributed by atoms with Gasteiger partial charge in [-0.15, -0.1) is 0 Å². The number of sulfone groups is 1. The summed E-state index contributed by atoms with van der Waals surface area (Å²) in [6.07, 6.45) is 0.145. The van der Waals surface area contributed by atoms with Crippen molar-refractivity contribution in [3.63, 3.8) is 0 Å². The molecule has 2 N–H and O–H groups in total. The summed E-state index contributed by atoms with van der Waals surface area (Å²) in [6.45, 7) is 3.56. The second kappa shape index (κ2) is 9.00. The number of halogens is 1. The minimum absolute atomic E-state index is 0.0398. The van der Waals surface area contributed by atoms with Crippen LogP contribution >= 0.6 is 0 Å². The van der Waals surface area contributed by atoms with Gasteiger partial charge in [0, 0.05) is 24.2 Å². The van der Waals surface area contributed by atoms with Crippen LogP contribution in [0.5, 0.6) is 0 Å². The summed E-state index contributed by atoms with van der Waals surface area (Å²) in [5.41, 5.74) is 2.60. The van der Waals surface area contributed by atoms with Crippen LogP contribution in [0.15, 0.2) is 57.9 Å². The molecule has 0 bridgehead atoms. The molecule has 2 aromatic carbocycles. The molecule has 0 aliphatic carbocycles. The Morgan fingerprint density at radius 2 is 1.73 bits per heavy atom. The molecule has 3 aromatic rings. The Labute approximate surface area is 190 Å². The van der Waals surface area contributed by atoms with E-state index in [2.05, 4.69) is 15.0 Å². The van der Waals surface area contributed by atoms with Crippen LogP contribution in [0.4, 0.5) is 4.39 Å². The van der Waals surface area contributed by atoms with Crippen LogP contribution in [0.2, 0.25) is 0 Å². The Kier molecular flexibility index (Phi) is 6.28. The molecule has 9 nitrogen and oxygen atoms in total. The van der Waals surface area contributed by atoms with Crippen molar-refractivity contribution < 1.29 is 27.3 Å². The molecule has 33 heavy (non-hydrogen) atoms. The Bertz CT molecular complexity index is 1230. The number of hydrogen-bond donors (Lipinski definition) is 2. The van der Waals surface area contributed by atoms with E-state index in [0.29, 0.717) is 24.2 Å². The van der Waals surface area contributed by atoms with Gasteiger partial charge in [-0.2, -0.15) is 4.98 Å². The minimum Gasteiger partial charge on any atom is -0.334 e. The predicted octanol–water partition coefficient (Wildman–Crippen LogP) is 2.68. The van der Waals surface area contributed by atoms with Gasteiger partial charge in [-0.1, -0.05) is 12.1 Å². The second-order valence-electron chi connectivity index (χ2n) is 7.83. The summed E-state index contributed by atoms with van der Waals surface area (Å²) >= 11 is 0. The molecule has 11 heteroatoms. The molecule has 1 aliphatic heterocycles. The third kappa shape index (κ3) is 4.14. The fourth-order valence-corrected chi connectivity index (χ4v) is 5.96. The quantitative estimate of drug-likeness (QED) is 0.413. The molecule has 0 spiro atoms. The van der Waals surface area contributed by atoms with Crippen LogP contribution < -0.4 is 5.48 Å². The van der Waals surface area contributed by atoms with Gasteiger partial charge >= 0.3 is 0 Å². The normalized spacial score (nSPS) is 16.5. The van der Waals surface area contributed by atoms with E-state index in [1.165, 1.54) is 48.5 Å².